The number of carbonyl (C=O) groups excluding carboxylic acids is 1. The second-order valence-electron chi connectivity index (χ2n) is 7.19. The lowest BCUT2D eigenvalue weighted by atomic mass is 10.1. The normalized spacial score (nSPS) is 10.6. The Morgan fingerprint density at radius 3 is 2.52 bits per heavy atom. The molecule has 5 nitrogen and oxygen atoms in total. The SMILES string of the molecule is Cc1cc(NC(=O)c2cccc(COc3ccccc3Cl)c2)nn1Cc1ccccc1. The molecule has 0 saturated carbocycles. The molecule has 6 heteroatoms. The summed E-state index contributed by atoms with van der Waals surface area (Å²) < 4.78 is 7.65. The molecule has 1 aromatic heterocycles. The number of aromatic nitrogens is 2. The zero-order valence-electron chi connectivity index (χ0n) is 17.1. The number of amides is 1. The molecule has 1 N–H and O–H groups in total. The number of benzene rings is 3. The number of halogens is 1. The smallest absolute Gasteiger partial charge is 0.256 e. The van der Waals surface area contributed by atoms with E-state index < -0.39 is 0 Å². The standard InChI is InChI=1S/C25H22ClN3O2/c1-18-14-24(28-29(18)16-19-8-3-2-4-9-19)27-25(30)21-11-7-10-20(15-21)17-31-23-13-6-5-12-22(23)26/h2-15H,16-17H2,1H3,(H,27,28,30). The summed E-state index contributed by atoms with van der Waals surface area (Å²) in [7, 11) is 0. The Kier molecular flexibility index (Phi) is 6.34. The zero-order chi connectivity index (χ0) is 21.6. The van der Waals surface area contributed by atoms with E-state index >= 15 is 0 Å². The van der Waals surface area contributed by atoms with Gasteiger partial charge in [0.1, 0.15) is 12.4 Å². The Morgan fingerprint density at radius 1 is 0.968 bits per heavy atom. The van der Waals surface area contributed by atoms with E-state index in [0.717, 1.165) is 16.8 Å². The van der Waals surface area contributed by atoms with Gasteiger partial charge in [0.05, 0.1) is 11.6 Å². The van der Waals surface area contributed by atoms with Crippen LogP contribution in [0.4, 0.5) is 5.82 Å². The highest BCUT2D eigenvalue weighted by Gasteiger charge is 2.11. The number of ether oxygens (including phenoxy) is 1. The molecular formula is C25H22ClN3O2. The van der Waals surface area contributed by atoms with E-state index in [4.69, 9.17) is 16.3 Å². The maximum Gasteiger partial charge on any atom is 0.256 e. The molecular weight excluding hydrogens is 410 g/mol. The number of nitrogens with one attached hydrogen (secondary N) is 1. The third-order valence-electron chi connectivity index (χ3n) is 4.82. The lowest BCUT2D eigenvalue weighted by molar-refractivity contribution is 0.102. The number of hydrogen-bond donors (Lipinski definition) is 1. The number of hydrogen-bond acceptors (Lipinski definition) is 3. The highest BCUT2D eigenvalue weighted by Crippen LogP contribution is 2.24. The number of aryl methyl sites for hydroxylation is 1. The van der Waals surface area contributed by atoms with Crippen LogP contribution >= 0.6 is 11.6 Å². The number of rotatable bonds is 7. The fraction of sp³-hybridized carbons (Fsp3) is 0.120. The summed E-state index contributed by atoms with van der Waals surface area (Å²) in [6.45, 7) is 2.94. The van der Waals surface area contributed by atoms with Crippen LogP contribution in [0.15, 0.2) is 84.9 Å². The van der Waals surface area contributed by atoms with Crippen molar-refractivity contribution in [2.24, 2.45) is 0 Å². The molecule has 4 rings (SSSR count). The van der Waals surface area contributed by atoms with Crippen LogP contribution in [-0.2, 0) is 13.2 Å². The predicted molar refractivity (Wildman–Crippen MR) is 123 cm³/mol. The van der Waals surface area contributed by atoms with E-state index in [2.05, 4.69) is 22.5 Å². The summed E-state index contributed by atoms with van der Waals surface area (Å²) in [6.07, 6.45) is 0. The molecule has 1 heterocycles. The van der Waals surface area contributed by atoms with Gasteiger partial charge < -0.3 is 10.1 Å². The monoisotopic (exact) mass is 431 g/mol. The molecule has 0 saturated heterocycles. The molecule has 0 aliphatic carbocycles. The van der Waals surface area contributed by atoms with Crippen LogP contribution in [0.5, 0.6) is 5.75 Å². The minimum Gasteiger partial charge on any atom is -0.487 e. The molecule has 0 aliphatic rings. The van der Waals surface area contributed by atoms with E-state index in [9.17, 15) is 4.79 Å². The highest BCUT2D eigenvalue weighted by molar-refractivity contribution is 6.32. The fourth-order valence-corrected chi connectivity index (χ4v) is 3.39. The first-order chi connectivity index (χ1) is 15.1. The molecule has 0 radical (unpaired) electrons. The first-order valence-corrected chi connectivity index (χ1v) is 10.3. The van der Waals surface area contributed by atoms with Gasteiger partial charge in [-0.25, -0.2) is 0 Å². The van der Waals surface area contributed by atoms with Crippen molar-refractivity contribution in [1.29, 1.82) is 0 Å². The van der Waals surface area contributed by atoms with Gasteiger partial charge in [-0.15, -0.1) is 0 Å². The third-order valence-corrected chi connectivity index (χ3v) is 5.13. The molecule has 1 amide bonds. The minimum atomic E-state index is -0.219. The minimum absolute atomic E-state index is 0.219. The molecule has 0 unspecified atom stereocenters. The van der Waals surface area contributed by atoms with Crippen LogP contribution in [0.25, 0.3) is 0 Å². The van der Waals surface area contributed by atoms with Crippen LogP contribution in [0.3, 0.4) is 0 Å². The summed E-state index contributed by atoms with van der Waals surface area (Å²) in [5.74, 6) is 0.915. The lowest BCUT2D eigenvalue weighted by Crippen LogP contribution is -2.13. The van der Waals surface area contributed by atoms with Gasteiger partial charge >= 0.3 is 0 Å². The fourth-order valence-electron chi connectivity index (χ4n) is 3.20. The molecule has 0 atom stereocenters. The van der Waals surface area contributed by atoms with Crippen LogP contribution in [0.2, 0.25) is 5.02 Å². The van der Waals surface area contributed by atoms with Gasteiger partial charge in [-0.2, -0.15) is 5.10 Å². The molecule has 31 heavy (non-hydrogen) atoms. The second-order valence-corrected chi connectivity index (χ2v) is 7.60. The van der Waals surface area contributed by atoms with Crippen molar-refractivity contribution in [3.63, 3.8) is 0 Å². The first kappa shape index (κ1) is 20.7. The highest BCUT2D eigenvalue weighted by atomic mass is 35.5. The quantitative estimate of drug-likeness (QED) is 0.407. The molecule has 0 spiro atoms. The third kappa shape index (κ3) is 5.32. The molecule has 0 aliphatic heterocycles. The van der Waals surface area contributed by atoms with Crippen LogP contribution < -0.4 is 10.1 Å². The average molecular weight is 432 g/mol. The van der Waals surface area contributed by atoms with E-state index in [1.54, 1.807) is 18.2 Å². The second kappa shape index (κ2) is 9.49. The predicted octanol–water partition coefficient (Wildman–Crippen LogP) is 5.72. The van der Waals surface area contributed by atoms with Crippen molar-refractivity contribution < 1.29 is 9.53 Å². The Morgan fingerprint density at radius 2 is 1.71 bits per heavy atom. The van der Waals surface area contributed by atoms with Crippen molar-refractivity contribution in [3.8, 4) is 5.75 Å². The largest absolute Gasteiger partial charge is 0.487 e. The van der Waals surface area contributed by atoms with Gasteiger partial charge in [-0.1, -0.05) is 66.2 Å². The number of anilines is 1. The molecule has 0 fully saturated rings. The number of carbonyl (C=O) groups is 1. The van der Waals surface area contributed by atoms with E-state index in [1.165, 1.54) is 0 Å². The summed E-state index contributed by atoms with van der Waals surface area (Å²) >= 11 is 6.13. The molecule has 0 bridgehead atoms. The van der Waals surface area contributed by atoms with Crippen molar-refractivity contribution >= 4 is 23.3 Å². The van der Waals surface area contributed by atoms with E-state index in [1.807, 2.05) is 66.2 Å². The van der Waals surface area contributed by atoms with Gasteiger partial charge in [-0.05, 0) is 42.3 Å². The molecule has 4 aromatic rings. The lowest BCUT2D eigenvalue weighted by Gasteiger charge is -2.09. The summed E-state index contributed by atoms with van der Waals surface area (Å²) in [5.41, 5.74) is 3.53. The molecule has 3 aromatic carbocycles. The summed E-state index contributed by atoms with van der Waals surface area (Å²) in [5, 5.41) is 7.96. The Hall–Kier alpha value is -3.57. The zero-order valence-corrected chi connectivity index (χ0v) is 17.8. The maximum absolute atomic E-state index is 12.8. The molecule has 156 valence electrons. The number of para-hydroxylation sites is 1. The van der Waals surface area contributed by atoms with Crippen molar-refractivity contribution in [2.75, 3.05) is 5.32 Å². The number of nitrogens with zero attached hydrogens (tertiary/aromatic N) is 2. The van der Waals surface area contributed by atoms with Crippen LogP contribution in [0.1, 0.15) is 27.2 Å². The summed E-state index contributed by atoms with van der Waals surface area (Å²) in [6, 6.07) is 26.6. The van der Waals surface area contributed by atoms with Gasteiger partial charge in [0.15, 0.2) is 5.82 Å². The van der Waals surface area contributed by atoms with Crippen LogP contribution in [-0.4, -0.2) is 15.7 Å². The topological polar surface area (TPSA) is 56.1 Å². The van der Waals surface area contributed by atoms with Crippen LogP contribution in [0, 0.1) is 6.92 Å². The van der Waals surface area contributed by atoms with Gasteiger partial charge in [0, 0.05) is 17.3 Å². The van der Waals surface area contributed by atoms with Gasteiger partial charge in [-0.3, -0.25) is 9.48 Å². The average Bonchev–Trinajstić information content (AvgIpc) is 3.12. The Labute approximate surface area is 186 Å². The maximum atomic E-state index is 12.8. The first-order valence-electron chi connectivity index (χ1n) is 9.94. The van der Waals surface area contributed by atoms with Gasteiger partial charge in [0.25, 0.3) is 5.91 Å². The van der Waals surface area contributed by atoms with E-state index in [-0.39, 0.29) is 5.91 Å². The van der Waals surface area contributed by atoms with Crippen molar-refractivity contribution in [3.05, 3.63) is 112 Å². The van der Waals surface area contributed by atoms with E-state index in [0.29, 0.717) is 35.3 Å². The Bertz CT molecular complexity index is 1190. The van der Waals surface area contributed by atoms with Crippen molar-refractivity contribution in [2.45, 2.75) is 20.1 Å². The van der Waals surface area contributed by atoms with Gasteiger partial charge in [0.2, 0.25) is 0 Å². The van der Waals surface area contributed by atoms with Crippen molar-refractivity contribution in [1.82, 2.24) is 9.78 Å². The Balaban J connectivity index is 1.41. The summed E-state index contributed by atoms with van der Waals surface area (Å²) in [4.78, 5) is 12.8.